The van der Waals surface area contributed by atoms with Gasteiger partial charge in [-0.15, -0.1) is 5.53 Å². The van der Waals surface area contributed by atoms with Crippen molar-refractivity contribution >= 4 is 39.6 Å². The average Bonchev–Trinajstić information content (AvgIpc) is 3.43. The van der Waals surface area contributed by atoms with Crippen molar-refractivity contribution in [3.8, 4) is 6.07 Å². The molecule has 0 spiro atoms. The van der Waals surface area contributed by atoms with Crippen molar-refractivity contribution in [2.24, 2.45) is 5.41 Å². The van der Waals surface area contributed by atoms with Crippen LogP contribution in [-0.4, -0.2) is 22.6 Å². The molecule has 0 aliphatic carbocycles. The summed E-state index contributed by atoms with van der Waals surface area (Å²) in [4.78, 5) is 8.51. The van der Waals surface area contributed by atoms with Crippen LogP contribution in [0.5, 0.6) is 0 Å². The predicted molar refractivity (Wildman–Crippen MR) is 161 cm³/mol. The zero-order valence-electron chi connectivity index (χ0n) is 22.9. The van der Waals surface area contributed by atoms with Crippen LogP contribution in [0, 0.1) is 16.7 Å². The number of hydrogen-bond donors (Lipinski definition) is 4. The van der Waals surface area contributed by atoms with Crippen LogP contribution >= 0.6 is 11.6 Å². The minimum atomic E-state index is -0.494. The van der Waals surface area contributed by atoms with E-state index >= 15 is 0 Å². The van der Waals surface area contributed by atoms with Gasteiger partial charge in [-0.25, -0.2) is 4.39 Å². The van der Waals surface area contributed by atoms with Crippen LogP contribution in [-0.2, 0) is 0 Å². The van der Waals surface area contributed by atoms with Crippen LogP contribution in [0.3, 0.4) is 0 Å². The van der Waals surface area contributed by atoms with Crippen molar-refractivity contribution in [2.45, 2.75) is 33.7 Å². The Morgan fingerprint density at radius 2 is 2.02 bits per heavy atom. The summed E-state index contributed by atoms with van der Waals surface area (Å²) in [5.41, 5.74) is 10.8. The summed E-state index contributed by atoms with van der Waals surface area (Å²) in [7, 11) is 0. The highest BCUT2D eigenvalue weighted by atomic mass is 35.5. The van der Waals surface area contributed by atoms with E-state index in [2.05, 4.69) is 65.0 Å². The van der Waals surface area contributed by atoms with E-state index in [9.17, 15) is 9.65 Å². The van der Waals surface area contributed by atoms with E-state index in [1.807, 2.05) is 24.4 Å². The molecular weight excluding hydrogens is 527 g/mol. The molecule has 2 aromatic heterocycles. The Labute approximate surface area is 238 Å². The number of hydrogen-bond acceptors (Lipinski definition) is 8. The van der Waals surface area contributed by atoms with Crippen molar-refractivity contribution in [3.63, 3.8) is 0 Å². The SMILES string of the molecule is C=C(/C=C\C(F)=C/C)[C@H](Nc1cc(Cl)c2ncc(C#N)c(NCC(C)(C)C)c2c1)C1=CN(c2ccncc2)NN1. The quantitative estimate of drug-likeness (QED) is 0.214. The number of halogens is 2. The topological polar surface area (TPSA) is 101 Å². The number of benzene rings is 1. The summed E-state index contributed by atoms with van der Waals surface area (Å²) >= 11 is 6.70. The van der Waals surface area contributed by atoms with E-state index in [1.54, 1.807) is 36.5 Å². The first-order valence-corrected chi connectivity index (χ1v) is 13.1. The second kappa shape index (κ2) is 12.2. The molecule has 3 heterocycles. The molecule has 0 bridgehead atoms. The Kier molecular flexibility index (Phi) is 8.73. The average molecular weight is 559 g/mol. The summed E-state index contributed by atoms with van der Waals surface area (Å²) < 4.78 is 13.9. The third-order valence-electron chi connectivity index (χ3n) is 6.10. The van der Waals surface area contributed by atoms with Gasteiger partial charge in [-0.05, 0) is 48.3 Å². The maximum Gasteiger partial charge on any atom is 0.118 e. The van der Waals surface area contributed by atoms with Gasteiger partial charge < -0.3 is 16.1 Å². The molecule has 4 N–H and O–H groups in total. The molecule has 0 fully saturated rings. The fraction of sp³-hybridized carbons (Fsp3) is 0.233. The minimum Gasteiger partial charge on any atom is -0.383 e. The Bertz CT molecular complexity index is 1530. The van der Waals surface area contributed by atoms with Crippen molar-refractivity contribution in [2.75, 3.05) is 22.2 Å². The number of pyridine rings is 2. The molecule has 3 aromatic rings. The first kappa shape index (κ1) is 28.6. The molecule has 8 nitrogen and oxygen atoms in total. The van der Waals surface area contributed by atoms with E-state index < -0.39 is 6.04 Å². The van der Waals surface area contributed by atoms with Gasteiger partial charge in [-0.3, -0.25) is 15.0 Å². The Balaban J connectivity index is 1.75. The van der Waals surface area contributed by atoms with Gasteiger partial charge in [-0.2, -0.15) is 5.26 Å². The second-order valence-corrected chi connectivity index (χ2v) is 10.9. The van der Waals surface area contributed by atoms with Gasteiger partial charge in [0.2, 0.25) is 0 Å². The first-order chi connectivity index (χ1) is 19.1. The maximum atomic E-state index is 13.9. The van der Waals surface area contributed by atoms with Crippen LogP contribution in [0.15, 0.2) is 91.0 Å². The van der Waals surface area contributed by atoms with Crippen LogP contribution in [0.1, 0.15) is 33.3 Å². The monoisotopic (exact) mass is 558 g/mol. The first-order valence-electron chi connectivity index (χ1n) is 12.7. The minimum absolute atomic E-state index is 0.0202. The molecule has 4 rings (SSSR count). The van der Waals surface area contributed by atoms with Gasteiger partial charge in [0, 0.05) is 42.4 Å². The smallest absolute Gasteiger partial charge is 0.118 e. The van der Waals surface area contributed by atoms with Crippen LogP contribution in [0.2, 0.25) is 5.02 Å². The van der Waals surface area contributed by atoms with Gasteiger partial charge in [0.15, 0.2) is 0 Å². The maximum absolute atomic E-state index is 13.9. The lowest BCUT2D eigenvalue weighted by atomic mass is 9.96. The molecule has 206 valence electrons. The summed E-state index contributed by atoms with van der Waals surface area (Å²) in [6.45, 7) is 12.8. The molecule has 1 atom stereocenters. The normalized spacial score (nSPS) is 14.6. The molecule has 1 aliphatic heterocycles. The fourth-order valence-corrected chi connectivity index (χ4v) is 4.27. The zero-order valence-corrected chi connectivity index (χ0v) is 23.6. The predicted octanol–water partition coefficient (Wildman–Crippen LogP) is 6.75. The Hall–Kier alpha value is -4.39. The number of anilines is 3. The number of nitrogens with one attached hydrogen (secondary N) is 4. The van der Waals surface area contributed by atoms with Gasteiger partial charge in [0.1, 0.15) is 11.9 Å². The molecule has 1 aliphatic rings. The van der Waals surface area contributed by atoms with Crippen LogP contribution in [0.4, 0.5) is 21.5 Å². The van der Waals surface area contributed by atoms with Gasteiger partial charge in [0.05, 0.1) is 39.2 Å². The number of nitrogens with zero attached hydrogens (tertiary/aromatic N) is 4. The molecule has 10 heteroatoms. The highest BCUT2D eigenvalue weighted by Gasteiger charge is 2.24. The highest BCUT2D eigenvalue weighted by Crippen LogP contribution is 2.35. The van der Waals surface area contributed by atoms with Crippen molar-refractivity contribution in [3.05, 3.63) is 102 Å². The highest BCUT2D eigenvalue weighted by molar-refractivity contribution is 6.35. The van der Waals surface area contributed by atoms with Crippen molar-refractivity contribution < 1.29 is 4.39 Å². The molecule has 0 saturated carbocycles. The van der Waals surface area contributed by atoms with Gasteiger partial charge in [-0.1, -0.05) is 51.1 Å². The number of aromatic nitrogens is 2. The molecule has 0 unspecified atom stereocenters. The van der Waals surface area contributed by atoms with Gasteiger partial charge in [0.25, 0.3) is 0 Å². The molecule has 0 saturated heterocycles. The summed E-state index contributed by atoms with van der Waals surface area (Å²) in [5.74, 6) is -0.372. The molecule has 40 heavy (non-hydrogen) atoms. The lowest BCUT2D eigenvalue weighted by molar-refractivity contribution is 0.443. The van der Waals surface area contributed by atoms with E-state index in [4.69, 9.17) is 11.6 Å². The zero-order chi connectivity index (χ0) is 28.9. The fourth-order valence-electron chi connectivity index (χ4n) is 4.01. The van der Waals surface area contributed by atoms with E-state index in [1.165, 1.54) is 18.3 Å². The summed E-state index contributed by atoms with van der Waals surface area (Å²) in [6.07, 6.45) is 11.2. The lowest BCUT2D eigenvalue weighted by Crippen LogP contribution is -2.39. The van der Waals surface area contributed by atoms with Crippen LogP contribution in [0.25, 0.3) is 10.9 Å². The van der Waals surface area contributed by atoms with Crippen molar-refractivity contribution in [1.29, 1.82) is 5.26 Å². The largest absolute Gasteiger partial charge is 0.383 e. The summed E-state index contributed by atoms with van der Waals surface area (Å²) in [5, 5.41) is 19.6. The third kappa shape index (κ3) is 6.78. The second-order valence-electron chi connectivity index (χ2n) is 10.5. The Morgan fingerprint density at radius 3 is 2.70 bits per heavy atom. The number of hydrazine groups is 2. The molecular formula is C30H32ClFN8. The third-order valence-corrected chi connectivity index (χ3v) is 6.38. The molecule has 0 radical (unpaired) electrons. The standard InChI is InChI=1S/C30H32ClFN8/c1-6-21(32)8-7-19(2)27(26-17-40(39-38-26)23-9-11-34-12-10-23)37-22-13-24-28(36-18-30(3,4)5)20(15-33)16-35-29(24)25(31)14-22/h6-14,16-17,27,37-39H,2,18H2,1,3-5H3,(H,35,36)/b8-7-,21-6+/t27-/m0/s1. The summed E-state index contributed by atoms with van der Waals surface area (Å²) in [6, 6.07) is 9.14. The van der Waals surface area contributed by atoms with Gasteiger partial charge >= 0.3 is 0 Å². The van der Waals surface area contributed by atoms with E-state index in [0.717, 1.165) is 11.4 Å². The number of allylic oxidation sites excluding steroid dienone is 3. The van der Waals surface area contributed by atoms with E-state index in [0.29, 0.717) is 45.0 Å². The molecule has 0 amide bonds. The number of fused-ring (bicyclic) bond motifs is 1. The Morgan fingerprint density at radius 1 is 1.27 bits per heavy atom. The number of nitriles is 1. The molecule has 1 aromatic carbocycles. The van der Waals surface area contributed by atoms with Crippen LogP contribution < -0.4 is 26.6 Å². The number of rotatable bonds is 9. The van der Waals surface area contributed by atoms with E-state index in [-0.39, 0.29) is 11.2 Å². The van der Waals surface area contributed by atoms with Crippen molar-refractivity contribution in [1.82, 2.24) is 20.9 Å². The lowest BCUT2D eigenvalue weighted by Gasteiger charge is -2.23.